The number of ether oxygens (including phenoxy) is 2. The van der Waals surface area contributed by atoms with Gasteiger partial charge in [-0.1, -0.05) is 126 Å². The fraction of sp³-hybridized carbons (Fsp3) is 0.684. The van der Waals surface area contributed by atoms with Crippen LogP contribution in [0.5, 0.6) is 0 Å². The van der Waals surface area contributed by atoms with Crippen LogP contribution >= 0.6 is 7.82 Å². The first-order chi connectivity index (χ1) is 22.8. The zero-order valence-electron chi connectivity index (χ0n) is 29.4. The van der Waals surface area contributed by atoms with Crippen LogP contribution in [-0.2, 0) is 28.2 Å². The minimum Gasteiger partial charge on any atom is -0.462 e. The Morgan fingerprint density at radius 3 is 1.53 bits per heavy atom. The second-order valence-corrected chi connectivity index (χ2v) is 13.0. The smallest absolute Gasteiger partial charge is 0.462 e. The van der Waals surface area contributed by atoms with Gasteiger partial charge in [0.1, 0.15) is 6.61 Å². The van der Waals surface area contributed by atoms with Gasteiger partial charge in [0.25, 0.3) is 0 Å². The van der Waals surface area contributed by atoms with E-state index >= 15 is 0 Å². The van der Waals surface area contributed by atoms with Crippen LogP contribution in [0.2, 0.25) is 0 Å². The molecule has 1 unspecified atom stereocenters. The van der Waals surface area contributed by atoms with Crippen molar-refractivity contribution in [2.75, 3.05) is 13.2 Å². The van der Waals surface area contributed by atoms with Crippen molar-refractivity contribution in [3.05, 3.63) is 60.8 Å². The Labute approximate surface area is 286 Å². The average molecular weight is 681 g/mol. The first-order valence-electron chi connectivity index (χ1n) is 18.1. The maximum Gasteiger partial charge on any atom is 0.469 e. The lowest BCUT2D eigenvalue weighted by molar-refractivity contribution is -0.161. The molecule has 270 valence electrons. The molecule has 9 heteroatoms. The molecule has 0 fully saturated rings. The summed E-state index contributed by atoms with van der Waals surface area (Å²) in [7, 11) is -4.76. The number of carbonyl (C=O) groups excluding carboxylic acids is 2. The molecule has 0 bridgehead atoms. The molecule has 0 aliphatic heterocycles. The van der Waals surface area contributed by atoms with E-state index in [4.69, 9.17) is 19.3 Å². The van der Waals surface area contributed by atoms with E-state index in [9.17, 15) is 14.2 Å². The van der Waals surface area contributed by atoms with Gasteiger partial charge >= 0.3 is 19.8 Å². The molecule has 2 N–H and O–H groups in total. The molecule has 0 spiro atoms. The van der Waals surface area contributed by atoms with Gasteiger partial charge in [-0.3, -0.25) is 14.1 Å². The molecule has 0 aliphatic rings. The quantitative estimate of drug-likeness (QED) is 0.0312. The van der Waals surface area contributed by atoms with Crippen LogP contribution in [0.25, 0.3) is 0 Å². The molecule has 0 radical (unpaired) electrons. The van der Waals surface area contributed by atoms with Crippen molar-refractivity contribution in [1.82, 2.24) is 0 Å². The standard InChI is InChI=1S/C38H65O8P/c1-3-5-7-9-11-13-15-17-19-21-23-25-27-29-31-33-38(40)46-36(35-45-47(41,42)43)34-44-37(39)32-30-28-26-24-22-20-18-16-14-12-10-8-6-4-2/h5,7,10-13,16-19,36H,3-4,6,8-9,14-15,20-35H2,1-2H3,(H2,41,42,43)/b7-5-,12-10-,13-11-,18-16-,19-17-. The minimum absolute atomic E-state index is 0.186. The van der Waals surface area contributed by atoms with Crippen LogP contribution in [0.1, 0.15) is 149 Å². The predicted molar refractivity (Wildman–Crippen MR) is 193 cm³/mol. The summed E-state index contributed by atoms with van der Waals surface area (Å²) < 4.78 is 26.2. The van der Waals surface area contributed by atoms with Crippen LogP contribution in [0.4, 0.5) is 0 Å². The Morgan fingerprint density at radius 2 is 1.02 bits per heavy atom. The lowest BCUT2D eigenvalue weighted by Gasteiger charge is -2.18. The molecule has 0 amide bonds. The third-order valence-corrected chi connectivity index (χ3v) is 7.76. The zero-order valence-corrected chi connectivity index (χ0v) is 30.3. The number of phosphoric ester groups is 1. The number of hydrogen-bond donors (Lipinski definition) is 2. The third-order valence-electron chi connectivity index (χ3n) is 7.27. The Morgan fingerprint density at radius 1 is 0.574 bits per heavy atom. The van der Waals surface area contributed by atoms with Gasteiger partial charge in [-0.15, -0.1) is 0 Å². The van der Waals surface area contributed by atoms with Crippen molar-refractivity contribution < 1.29 is 37.9 Å². The van der Waals surface area contributed by atoms with Crippen LogP contribution in [-0.4, -0.2) is 41.0 Å². The highest BCUT2D eigenvalue weighted by molar-refractivity contribution is 7.46. The molecular weight excluding hydrogens is 615 g/mol. The number of allylic oxidation sites excluding steroid dienone is 10. The Bertz CT molecular complexity index is 947. The molecular formula is C38H65O8P. The van der Waals surface area contributed by atoms with Crippen molar-refractivity contribution in [2.24, 2.45) is 0 Å². The monoisotopic (exact) mass is 680 g/mol. The fourth-order valence-electron chi connectivity index (χ4n) is 4.58. The number of esters is 2. The molecule has 0 rings (SSSR count). The molecule has 47 heavy (non-hydrogen) atoms. The number of hydrogen-bond acceptors (Lipinski definition) is 6. The summed E-state index contributed by atoms with van der Waals surface area (Å²) in [4.78, 5) is 42.6. The van der Waals surface area contributed by atoms with Gasteiger partial charge in [-0.2, -0.15) is 0 Å². The summed E-state index contributed by atoms with van der Waals surface area (Å²) in [6, 6.07) is 0. The number of rotatable bonds is 32. The summed E-state index contributed by atoms with van der Waals surface area (Å²) in [6.07, 6.45) is 40.8. The van der Waals surface area contributed by atoms with Crippen molar-refractivity contribution in [1.29, 1.82) is 0 Å². The second kappa shape index (κ2) is 33.6. The van der Waals surface area contributed by atoms with E-state index < -0.39 is 32.5 Å². The molecule has 8 nitrogen and oxygen atoms in total. The predicted octanol–water partition coefficient (Wildman–Crippen LogP) is 10.6. The summed E-state index contributed by atoms with van der Waals surface area (Å²) in [5.74, 6) is -0.928. The molecule has 0 heterocycles. The van der Waals surface area contributed by atoms with E-state index in [0.717, 1.165) is 96.3 Å². The van der Waals surface area contributed by atoms with Gasteiger partial charge in [-0.25, -0.2) is 4.57 Å². The number of phosphoric acid groups is 1. The molecule has 0 saturated carbocycles. The Balaban J connectivity index is 4.05. The Hall–Kier alpha value is -2.25. The average Bonchev–Trinajstić information content (AvgIpc) is 3.03. The summed E-state index contributed by atoms with van der Waals surface area (Å²) >= 11 is 0. The second-order valence-electron chi connectivity index (χ2n) is 11.8. The van der Waals surface area contributed by atoms with Crippen LogP contribution in [0, 0.1) is 0 Å². The minimum atomic E-state index is -4.76. The van der Waals surface area contributed by atoms with E-state index in [1.54, 1.807) is 0 Å². The van der Waals surface area contributed by atoms with Gasteiger partial charge in [-0.05, 0) is 70.6 Å². The van der Waals surface area contributed by atoms with E-state index in [1.165, 1.54) is 12.8 Å². The molecule has 0 aromatic rings. The summed E-state index contributed by atoms with van der Waals surface area (Å²) in [5, 5.41) is 0. The van der Waals surface area contributed by atoms with Crippen molar-refractivity contribution in [2.45, 2.75) is 155 Å². The maximum atomic E-state index is 12.3. The van der Waals surface area contributed by atoms with Crippen LogP contribution < -0.4 is 0 Å². The number of unbranched alkanes of at least 4 members (excludes halogenated alkanes) is 12. The summed E-state index contributed by atoms with van der Waals surface area (Å²) in [6.45, 7) is 3.48. The Kier molecular flexibility index (Phi) is 32.0. The normalized spacial score (nSPS) is 13.2. The summed E-state index contributed by atoms with van der Waals surface area (Å²) in [5.41, 5.74) is 0. The maximum absolute atomic E-state index is 12.3. The van der Waals surface area contributed by atoms with Gasteiger partial charge in [0.15, 0.2) is 6.10 Å². The lowest BCUT2D eigenvalue weighted by atomic mass is 10.1. The van der Waals surface area contributed by atoms with E-state index in [0.29, 0.717) is 12.8 Å². The largest absolute Gasteiger partial charge is 0.469 e. The van der Waals surface area contributed by atoms with E-state index in [1.807, 2.05) is 0 Å². The first kappa shape index (κ1) is 44.8. The molecule has 0 aromatic heterocycles. The SMILES string of the molecule is CC/C=C\C/C=C\C/C=C\CCCCCCCC(=O)OC(COC(=O)CCCCCCC/C=C\C/C=C\CCCC)COP(=O)(O)O. The number of carbonyl (C=O) groups is 2. The topological polar surface area (TPSA) is 119 Å². The zero-order chi connectivity index (χ0) is 34.7. The molecule has 0 saturated heterocycles. The molecule has 1 atom stereocenters. The van der Waals surface area contributed by atoms with E-state index in [2.05, 4.69) is 79.1 Å². The van der Waals surface area contributed by atoms with Gasteiger partial charge in [0.05, 0.1) is 6.61 Å². The van der Waals surface area contributed by atoms with Crippen molar-refractivity contribution >= 4 is 19.8 Å². The van der Waals surface area contributed by atoms with Gasteiger partial charge < -0.3 is 19.3 Å². The van der Waals surface area contributed by atoms with E-state index in [-0.39, 0.29) is 19.4 Å². The van der Waals surface area contributed by atoms with Gasteiger partial charge in [0.2, 0.25) is 0 Å². The highest BCUT2D eigenvalue weighted by atomic mass is 31.2. The fourth-order valence-corrected chi connectivity index (χ4v) is 4.94. The van der Waals surface area contributed by atoms with Crippen LogP contribution in [0.15, 0.2) is 60.8 Å². The van der Waals surface area contributed by atoms with Gasteiger partial charge in [0, 0.05) is 12.8 Å². The molecule has 0 aliphatic carbocycles. The molecule has 0 aromatic carbocycles. The van der Waals surface area contributed by atoms with Crippen LogP contribution in [0.3, 0.4) is 0 Å². The highest BCUT2D eigenvalue weighted by Crippen LogP contribution is 2.35. The highest BCUT2D eigenvalue weighted by Gasteiger charge is 2.22. The lowest BCUT2D eigenvalue weighted by Crippen LogP contribution is -2.29. The first-order valence-corrected chi connectivity index (χ1v) is 19.6. The third kappa shape index (κ3) is 36.4. The van der Waals surface area contributed by atoms with Crippen molar-refractivity contribution in [3.8, 4) is 0 Å². The van der Waals surface area contributed by atoms with Crippen molar-refractivity contribution in [3.63, 3.8) is 0 Å².